The van der Waals surface area contributed by atoms with Crippen molar-refractivity contribution in [1.29, 1.82) is 0 Å². The van der Waals surface area contributed by atoms with Crippen molar-refractivity contribution in [2.45, 2.75) is 50.1 Å². The molecule has 3 aliphatic rings. The summed E-state index contributed by atoms with van der Waals surface area (Å²) in [5, 5.41) is 22.8. The van der Waals surface area contributed by atoms with Gasteiger partial charge in [0.05, 0.1) is 36.0 Å². The first kappa shape index (κ1) is 31.9. The van der Waals surface area contributed by atoms with Gasteiger partial charge in [0.1, 0.15) is 0 Å². The highest BCUT2D eigenvalue weighted by molar-refractivity contribution is 6.15. The molecule has 4 aromatic carbocycles. The van der Waals surface area contributed by atoms with E-state index in [0.717, 1.165) is 40.8 Å². The number of aliphatic hydroxyl groups is 2. The normalized spacial score (nSPS) is 23.9. The maximum Gasteiger partial charge on any atom is 0.346 e. The lowest BCUT2D eigenvalue weighted by atomic mass is 9.83. The predicted octanol–water partition coefficient (Wildman–Crippen LogP) is 4.43. The number of nitrogens with one attached hydrogen (secondary N) is 1. The Morgan fingerprint density at radius 1 is 0.812 bits per heavy atom. The van der Waals surface area contributed by atoms with Crippen LogP contribution < -0.4 is 5.32 Å². The van der Waals surface area contributed by atoms with Crippen molar-refractivity contribution >= 4 is 17.8 Å². The fourth-order valence-electron chi connectivity index (χ4n) is 6.70. The van der Waals surface area contributed by atoms with E-state index < -0.39 is 18.2 Å². The van der Waals surface area contributed by atoms with Crippen molar-refractivity contribution in [2.75, 3.05) is 19.6 Å². The molecule has 3 heterocycles. The lowest BCUT2D eigenvalue weighted by Crippen LogP contribution is -2.44. The Morgan fingerprint density at radius 2 is 1.52 bits per heavy atom. The van der Waals surface area contributed by atoms with Gasteiger partial charge in [0.2, 0.25) is 0 Å². The molecule has 0 spiro atoms. The summed E-state index contributed by atoms with van der Waals surface area (Å²) in [4.78, 5) is 38.7. The Bertz CT molecular complexity index is 1790. The number of benzene rings is 4. The van der Waals surface area contributed by atoms with Crippen LogP contribution in [0.3, 0.4) is 0 Å². The molecule has 246 valence electrons. The van der Waals surface area contributed by atoms with E-state index in [4.69, 9.17) is 9.47 Å². The van der Waals surface area contributed by atoms with Crippen LogP contribution in [0, 0.1) is 0 Å². The topological polar surface area (TPSA) is 135 Å². The highest BCUT2D eigenvalue weighted by Gasteiger charge is 2.43. The number of hydrogen-bond donors (Lipinski definition) is 3. The van der Waals surface area contributed by atoms with E-state index in [2.05, 4.69) is 27.1 Å². The number of cyclic esters (lactones) is 2. The minimum absolute atomic E-state index is 0.0463. The molecule has 3 N–H and O–H groups in total. The van der Waals surface area contributed by atoms with Gasteiger partial charge in [0.25, 0.3) is 5.91 Å². The largest absolute Gasteiger partial charge is 0.392 e. The van der Waals surface area contributed by atoms with Crippen LogP contribution in [0.2, 0.25) is 0 Å². The molecule has 2 fully saturated rings. The second-order valence-corrected chi connectivity index (χ2v) is 12.5. The molecule has 4 aromatic rings. The van der Waals surface area contributed by atoms with E-state index in [9.17, 15) is 24.6 Å². The standard InChI is InChI=1S/C38H36N2O8/c41-22-24-8-10-26(11-9-24)34-33(25-4-2-1-3-5-25)32(21-40-17-16-29(42)20-40)46-38(47-34)27-12-6-23(7-13-27)19-39-35(43)28-14-15-30-31(18-28)37(45)48-36(30)44/h1-15,18,29,32-34,38,41-42H,16-17,19-22H2,(H,39,43)/t29-,32-,33-,34+,38?/m1/s1. The molecular formula is C38H36N2O8. The maximum absolute atomic E-state index is 12.9. The van der Waals surface area contributed by atoms with E-state index in [1.807, 2.05) is 66.7 Å². The number of fused-ring (bicyclic) bond motifs is 1. The van der Waals surface area contributed by atoms with Gasteiger partial charge in [0.15, 0.2) is 6.29 Å². The monoisotopic (exact) mass is 648 g/mol. The summed E-state index contributed by atoms with van der Waals surface area (Å²) >= 11 is 0. The molecule has 0 aromatic heterocycles. The summed E-state index contributed by atoms with van der Waals surface area (Å²) in [6, 6.07) is 30.0. The first-order valence-electron chi connectivity index (χ1n) is 16.1. The molecule has 5 atom stereocenters. The van der Waals surface area contributed by atoms with Crippen LogP contribution in [-0.2, 0) is 27.4 Å². The number of carbonyl (C=O) groups excluding carboxylic acids is 3. The molecule has 0 saturated carbocycles. The SMILES string of the molecule is O=C(NCc1ccc(C2O[C@H](CN3CC[C@@H](O)C3)[C@@H](c3ccccc3)[C@H](c3ccc(CO)cc3)O2)cc1)c1ccc2c(c1)C(=O)OC2=O. The van der Waals surface area contributed by atoms with Crippen molar-refractivity contribution in [3.8, 4) is 0 Å². The Labute approximate surface area is 277 Å². The number of esters is 2. The molecule has 2 saturated heterocycles. The minimum atomic E-state index is -0.757. The van der Waals surface area contributed by atoms with Crippen LogP contribution in [0.15, 0.2) is 97.1 Å². The number of nitrogens with zero attached hydrogens (tertiary/aromatic N) is 1. The zero-order chi connectivity index (χ0) is 33.2. The Balaban J connectivity index is 1.11. The number of likely N-dealkylation sites (tertiary alicyclic amines) is 1. The van der Waals surface area contributed by atoms with E-state index in [1.165, 1.54) is 18.2 Å². The zero-order valence-corrected chi connectivity index (χ0v) is 26.2. The van der Waals surface area contributed by atoms with Crippen LogP contribution in [0.1, 0.15) is 83.6 Å². The van der Waals surface area contributed by atoms with E-state index in [1.54, 1.807) is 0 Å². The Morgan fingerprint density at radius 3 is 2.23 bits per heavy atom. The van der Waals surface area contributed by atoms with E-state index in [-0.39, 0.29) is 60.0 Å². The quantitative estimate of drug-likeness (QED) is 0.178. The van der Waals surface area contributed by atoms with Crippen LogP contribution in [0.5, 0.6) is 0 Å². The van der Waals surface area contributed by atoms with Crippen molar-refractivity contribution in [3.63, 3.8) is 0 Å². The summed E-state index contributed by atoms with van der Waals surface area (Å²) in [7, 11) is 0. The molecule has 0 aliphatic carbocycles. The molecule has 7 rings (SSSR count). The molecule has 3 aliphatic heterocycles. The van der Waals surface area contributed by atoms with E-state index in [0.29, 0.717) is 13.1 Å². The fraction of sp³-hybridized carbons (Fsp3) is 0.289. The summed E-state index contributed by atoms with van der Waals surface area (Å²) < 4.78 is 18.2. The molecule has 0 bridgehead atoms. The molecule has 1 unspecified atom stereocenters. The minimum Gasteiger partial charge on any atom is -0.392 e. The summed E-state index contributed by atoms with van der Waals surface area (Å²) in [5.74, 6) is -1.98. The van der Waals surface area contributed by atoms with Crippen molar-refractivity contribution in [1.82, 2.24) is 10.2 Å². The number of aliphatic hydroxyl groups excluding tert-OH is 2. The van der Waals surface area contributed by atoms with Crippen LogP contribution in [0.25, 0.3) is 0 Å². The second-order valence-electron chi connectivity index (χ2n) is 12.5. The first-order chi connectivity index (χ1) is 23.4. The third kappa shape index (κ3) is 6.66. The number of rotatable bonds is 9. The van der Waals surface area contributed by atoms with Gasteiger partial charge in [-0.25, -0.2) is 9.59 Å². The van der Waals surface area contributed by atoms with Gasteiger partial charge in [0, 0.05) is 43.2 Å². The molecule has 1 amide bonds. The number of ether oxygens (including phenoxy) is 3. The third-order valence-corrected chi connectivity index (χ3v) is 9.27. The number of amides is 1. The van der Waals surface area contributed by atoms with Gasteiger partial charge in [-0.3, -0.25) is 9.69 Å². The van der Waals surface area contributed by atoms with Gasteiger partial charge in [-0.2, -0.15) is 0 Å². The number of carbonyl (C=O) groups is 3. The molecule has 10 nitrogen and oxygen atoms in total. The lowest BCUT2D eigenvalue weighted by Gasteiger charge is -2.44. The van der Waals surface area contributed by atoms with Crippen LogP contribution >= 0.6 is 0 Å². The summed E-state index contributed by atoms with van der Waals surface area (Å²) in [5.41, 5.74) is 5.04. The molecule has 48 heavy (non-hydrogen) atoms. The lowest BCUT2D eigenvalue weighted by molar-refractivity contribution is -0.263. The van der Waals surface area contributed by atoms with E-state index >= 15 is 0 Å². The average molecular weight is 649 g/mol. The third-order valence-electron chi connectivity index (χ3n) is 9.27. The van der Waals surface area contributed by atoms with Crippen molar-refractivity contribution in [3.05, 3.63) is 142 Å². The molecule has 10 heteroatoms. The highest BCUT2D eigenvalue weighted by Crippen LogP contribution is 2.47. The van der Waals surface area contributed by atoms with Gasteiger partial charge in [-0.1, -0.05) is 78.9 Å². The smallest absolute Gasteiger partial charge is 0.346 e. The van der Waals surface area contributed by atoms with Crippen molar-refractivity contribution < 1.29 is 38.8 Å². The Hall–Kier alpha value is -4.71. The van der Waals surface area contributed by atoms with Gasteiger partial charge < -0.3 is 29.7 Å². The van der Waals surface area contributed by atoms with Gasteiger partial charge in [-0.05, 0) is 46.9 Å². The molecular weight excluding hydrogens is 612 g/mol. The second kappa shape index (κ2) is 13.8. The van der Waals surface area contributed by atoms with Gasteiger partial charge >= 0.3 is 11.9 Å². The highest BCUT2D eigenvalue weighted by atomic mass is 16.7. The number of hydrogen-bond acceptors (Lipinski definition) is 9. The van der Waals surface area contributed by atoms with Gasteiger partial charge in [-0.15, -0.1) is 0 Å². The van der Waals surface area contributed by atoms with Crippen LogP contribution in [-0.4, -0.2) is 64.8 Å². The maximum atomic E-state index is 12.9. The molecule has 0 radical (unpaired) electrons. The summed E-state index contributed by atoms with van der Waals surface area (Å²) in [6.07, 6.45) is -0.907. The first-order valence-corrected chi connectivity index (χ1v) is 16.1. The zero-order valence-electron chi connectivity index (χ0n) is 26.2. The fourth-order valence-corrected chi connectivity index (χ4v) is 6.70. The summed E-state index contributed by atoms with van der Waals surface area (Å²) in [6.45, 7) is 2.20. The van der Waals surface area contributed by atoms with Crippen LogP contribution in [0.4, 0.5) is 0 Å². The van der Waals surface area contributed by atoms with Crippen molar-refractivity contribution in [2.24, 2.45) is 0 Å². The average Bonchev–Trinajstić information content (AvgIpc) is 3.67. The number of β-amino-alcohol motifs (C(OH)–C–C–N with tert-alkyl or cyclic N) is 1. The Kier molecular flexibility index (Phi) is 9.16. The predicted molar refractivity (Wildman–Crippen MR) is 174 cm³/mol.